The van der Waals surface area contributed by atoms with Gasteiger partial charge in [0.2, 0.25) is 11.8 Å². The van der Waals surface area contributed by atoms with Gasteiger partial charge in [-0.1, -0.05) is 49.2 Å². The third-order valence-electron chi connectivity index (χ3n) is 5.37. The first-order valence-corrected chi connectivity index (χ1v) is 11.0. The second-order valence-corrected chi connectivity index (χ2v) is 8.81. The summed E-state index contributed by atoms with van der Waals surface area (Å²) >= 11 is 11.9. The van der Waals surface area contributed by atoms with E-state index in [0.29, 0.717) is 34.7 Å². The van der Waals surface area contributed by atoms with E-state index in [-0.39, 0.29) is 24.3 Å². The van der Waals surface area contributed by atoms with E-state index < -0.39 is 0 Å². The number of hydrogen-bond donors (Lipinski definition) is 2. The van der Waals surface area contributed by atoms with Crippen LogP contribution in [0.2, 0.25) is 10.0 Å². The van der Waals surface area contributed by atoms with Gasteiger partial charge in [-0.3, -0.25) is 14.5 Å². The van der Waals surface area contributed by atoms with E-state index in [2.05, 4.69) is 41.5 Å². The van der Waals surface area contributed by atoms with Crippen LogP contribution in [0.5, 0.6) is 0 Å². The Balaban J connectivity index is 1.44. The minimum absolute atomic E-state index is 0.0378. The Morgan fingerprint density at radius 2 is 1.60 bits per heavy atom. The molecule has 0 saturated carbocycles. The maximum Gasteiger partial charge on any atom is 0.238 e. The normalized spacial score (nSPS) is 15.2. The van der Waals surface area contributed by atoms with E-state index in [4.69, 9.17) is 23.2 Å². The molecule has 2 aromatic carbocycles. The smallest absolute Gasteiger partial charge is 0.238 e. The van der Waals surface area contributed by atoms with Gasteiger partial charge >= 0.3 is 0 Å². The van der Waals surface area contributed by atoms with Crippen LogP contribution in [-0.4, -0.2) is 36.3 Å². The molecule has 1 heterocycles. The summed E-state index contributed by atoms with van der Waals surface area (Å²) in [6.45, 7) is 5.99. The van der Waals surface area contributed by atoms with Crippen LogP contribution in [0.4, 0.5) is 11.4 Å². The summed E-state index contributed by atoms with van der Waals surface area (Å²) in [4.78, 5) is 26.9. The van der Waals surface area contributed by atoms with Crippen LogP contribution in [-0.2, 0) is 9.59 Å². The van der Waals surface area contributed by atoms with Gasteiger partial charge < -0.3 is 10.6 Å². The highest BCUT2D eigenvalue weighted by atomic mass is 35.5. The molecule has 7 heteroatoms. The number of piperidine rings is 1. The standard InChI is InChI=1S/C23H27Cl2N3O2/c1-15(2)16-3-5-18(6-4-16)27-23(30)17-9-11-28(12-10-17)14-22(29)26-19-7-8-20(24)21(25)13-19/h3-8,13,15,17H,9-12,14H2,1-2H3,(H,26,29)(H,27,30). The van der Waals surface area contributed by atoms with E-state index in [9.17, 15) is 9.59 Å². The number of benzene rings is 2. The summed E-state index contributed by atoms with van der Waals surface area (Å²) in [5, 5.41) is 6.70. The van der Waals surface area contributed by atoms with Crippen molar-refractivity contribution >= 4 is 46.4 Å². The van der Waals surface area contributed by atoms with Crippen molar-refractivity contribution in [3.05, 3.63) is 58.1 Å². The summed E-state index contributed by atoms with van der Waals surface area (Å²) in [7, 11) is 0. The highest BCUT2D eigenvalue weighted by molar-refractivity contribution is 6.42. The van der Waals surface area contributed by atoms with E-state index in [0.717, 1.165) is 18.5 Å². The number of carbonyl (C=O) groups is 2. The number of rotatable bonds is 6. The largest absolute Gasteiger partial charge is 0.326 e. The van der Waals surface area contributed by atoms with Crippen molar-refractivity contribution in [1.29, 1.82) is 0 Å². The molecule has 1 fully saturated rings. The molecule has 0 aromatic heterocycles. The average Bonchev–Trinajstić information content (AvgIpc) is 2.71. The van der Waals surface area contributed by atoms with Gasteiger partial charge in [-0.25, -0.2) is 0 Å². The van der Waals surface area contributed by atoms with Crippen molar-refractivity contribution in [2.75, 3.05) is 30.3 Å². The van der Waals surface area contributed by atoms with Crippen LogP contribution < -0.4 is 10.6 Å². The molecule has 1 aliphatic heterocycles. The van der Waals surface area contributed by atoms with E-state index in [1.165, 1.54) is 5.56 Å². The van der Waals surface area contributed by atoms with Gasteiger partial charge in [0.25, 0.3) is 0 Å². The fourth-order valence-electron chi connectivity index (χ4n) is 3.53. The second-order valence-electron chi connectivity index (χ2n) is 7.99. The first kappa shape index (κ1) is 22.6. The SMILES string of the molecule is CC(C)c1ccc(NC(=O)C2CCN(CC(=O)Nc3ccc(Cl)c(Cl)c3)CC2)cc1. The zero-order valence-corrected chi connectivity index (χ0v) is 18.8. The number of nitrogens with one attached hydrogen (secondary N) is 2. The summed E-state index contributed by atoms with van der Waals surface area (Å²) in [6, 6.07) is 13.0. The molecule has 0 spiro atoms. The zero-order chi connectivity index (χ0) is 21.7. The third-order valence-corrected chi connectivity index (χ3v) is 6.11. The van der Waals surface area contributed by atoms with Crippen LogP contribution >= 0.6 is 23.2 Å². The van der Waals surface area contributed by atoms with Gasteiger partial charge in [-0.2, -0.15) is 0 Å². The Kier molecular flexibility index (Phi) is 7.75. The van der Waals surface area contributed by atoms with Crippen LogP contribution in [0, 0.1) is 5.92 Å². The van der Waals surface area contributed by atoms with Crippen molar-refractivity contribution in [3.63, 3.8) is 0 Å². The van der Waals surface area contributed by atoms with Crippen molar-refractivity contribution in [2.45, 2.75) is 32.6 Å². The molecule has 0 atom stereocenters. The molecule has 30 heavy (non-hydrogen) atoms. The summed E-state index contributed by atoms with van der Waals surface area (Å²) in [5.41, 5.74) is 2.69. The quantitative estimate of drug-likeness (QED) is 0.622. The van der Waals surface area contributed by atoms with Crippen molar-refractivity contribution < 1.29 is 9.59 Å². The van der Waals surface area contributed by atoms with Gasteiger partial charge in [-0.05, 0) is 67.7 Å². The number of nitrogens with zero attached hydrogens (tertiary/aromatic N) is 1. The number of hydrogen-bond acceptors (Lipinski definition) is 3. The Hall–Kier alpha value is -2.08. The molecule has 0 bridgehead atoms. The summed E-state index contributed by atoms with van der Waals surface area (Å²) in [6.07, 6.45) is 1.46. The lowest BCUT2D eigenvalue weighted by Gasteiger charge is -2.30. The molecule has 3 rings (SSSR count). The maximum absolute atomic E-state index is 12.6. The van der Waals surface area contributed by atoms with Crippen molar-refractivity contribution in [2.24, 2.45) is 5.92 Å². The topological polar surface area (TPSA) is 61.4 Å². The van der Waals surface area contributed by atoms with E-state index >= 15 is 0 Å². The predicted molar refractivity (Wildman–Crippen MR) is 123 cm³/mol. The number of amides is 2. The molecule has 1 saturated heterocycles. The second kappa shape index (κ2) is 10.3. The number of likely N-dealkylation sites (tertiary alicyclic amines) is 1. The lowest BCUT2D eigenvalue weighted by atomic mass is 9.95. The molecule has 2 amide bonds. The lowest BCUT2D eigenvalue weighted by molar-refractivity contribution is -0.121. The molecule has 1 aliphatic rings. The molecule has 2 aromatic rings. The third kappa shape index (κ3) is 6.21. The number of halogens is 2. The Morgan fingerprint density at radius 1 is 0.967 bits per heavy atom. The summed E-state index contributed by atoms with van der Waals surface area (Å²) < 4.78 is 0. The molecular formula is C23H27Cl2N3O2. The highest BCUT2D eigenvalue weighted by Gasteiger charge is 2.26. The van der Waals surface area contributed by atoms with Crippen LogP contribution in [0.15, 0.2) is 42.5 Å². The van der Waals surface area contributed by atoms with Crippen LogP contribution in [0.25, 0.3) is 0 Å². The Morgan fingerprint density at radius 3 is 2.20 bits per heavy atom. The number of anilines is 2. The van der Waals surface area contributed by atoms with Gasteiger partial charge in [0, 0.05) is 17.3 Å². The molecule has 0 radical (unpaired) electrons. The van der Waals surface area contributed by atoms with Crippen LogP contribution in [0.1, 0.15) is 38.2 Å². The van der Waals surface area contributed by atoms with E-state index in [1.807, 2.05) is 12.1 Å². The molecule has 5 nitrogen and oxygen atoms in total. The first-order valence-electron chi connectivity index (χ1n) is 10.2. The Bertz CT molecular complexity index is 892. The zero-order valence-electron chi connectivity index (χ0n) is 17.3. The fraction of sp³-hybridized carbons (Fsp3) is 0.391. The average molecular weight is 448 g/mol. The van der Waals surface area contributed by atoms with Gasteiger partial charge in [0.1, 0.15) is 0 Å². The maximum atomic E-state index is 12.6. The van der Waals surface area contributed by atoms with E-state index in [1.54, 1.807) is 18.2 Å². The Labute approximate surface area is 187 Å². The van der Waals surface area contributed by atoms with Crippen LogP contribution in [0.3, 0.4) is 0 Å². The van der Waals surface area contributed by atoms with Gasteiger partial charge in [0.05, 0.1) is 16.6 Å². The highest BCUT2D eigenvalue weighted by Crippen LogP contribution is 2.25. The van der Waals surface area contributed by atoms with Gasteiger partial charge in [0.15, 0.2) is 0 Å². The van der Waals surface area contributed by atoms with Crippen molar-refractivity contribution in [1.82, 2.24) is 4.90 Å². The monoisotopic (exact) mass is 447 g/mol. The van der Waals surface area contributed by atoms with Crippen molar-refractivity contribution in [3.8, 4) is 0 Å². The first-order chi connectivity index (χ1) is 14.3. The minimum atomic E-state index is -0.110. The minimum Gasteiger partial charge on any atom is -0.326 e. The molecular weight excluding hydrogens is 421 g/mol. The fourth-order valence-corrected chi connectivity index (χ4v) is 3.82. The summed E-state index contributed by atoms with van der Waals surface area (Å²) in [5.74, 6) is 0.367. The lowest BCUT2D eigenvalue weighted by Crippen LogP contribution is -2.41. The molecule has 0 unspecified atom stereocenters. The molecule has 2 N–H and O–H groups in total. The molecule has 0 aliphatic carbocycles. The van der Waals surface area contributed by atoms with Gasteiger partial charge in [-0.15, -0.1) is 0 Å². The predicted octanol–water partition coefficient (Wildman–Crippen LogP) is 5.41. The number of carbonyl (C=O) groups excluding carboxylic acids is 2. The molecule has 160 valence electrons.